The van der Waals surface area contributed by atoms with Gasteiger partial charge in [0.05, 0.1) is 5.54 Å². The Labute approximate surface area is 81.6 Å². The third kappa shape index (κ3) is 5.50. The highest BCUT2D eigenvalue weighted by Crippen LogP contribution is 2.24. The van der Waals surface area contributed by atoms with Gasteiger partial charge in [-0.3, -0.25) is 0 Å². The van der Waals surface area contributed by atoms with Crippen molar-refractivity contribution in [3.05, 3.63) is 0 Å². The first-order valence-corrected chi connectivity index (χ1v) is 4.85. The minimum absolute atomic E-state index is 0.136. The lowest BCUT2D eigenvalue weighted by atomic mass is 9.85. The second-order valence-corrected chi connectivity index (χ2v) is 4.77. The minimum Gasteiger partial charge on any atom is -0.370 e. The Morgan fingerprint density at radius 3 is 2.00 bits per heavy atom. The van der Waals surface area contributed by atoms with Crippen LogP contribution in [0.15, 0.2) is 4.99 Å². The van der Waals surface area contributed by atoms with Gasteiger partial charge in [-0.2, -0.15) is 0 Å². The van der Waals surface area contributed by atoms with Gasteiger partial charge in [0.15, 0.2) is 5.96 Å². The lowest BCUT2D eigenvalue weighted by Gasteiger charge is -2.26. The minimum atomic E-state index is -0.136. The molecule has 78 valence electrons. The van der Waals surface area contributed by atoms with E-state index in [1.165, 1.54) is 0 Å². The summed E-state index contributed by atoms with van der Waals surface area (Å²) in [5.74, 6) is 1.49. The maximum atomic E-state index is 5.36. The number of hydrogen-bond donors (Lipinski definition) is 2. The van der Waals surface area contributed by atoms with Gasteiger partial charge in [0.25, 0.3) is 0 Å². The van der Waals surface area contributed by atoms with Gasteiger partial charge in [0.2, 0.25) is 0 Å². The molecule has 13 heavy (non-hydrogen) atoms. The van der Waals surface area contributed by atoms with Crippen molar-refractivity contribution >= 4 is 5.96 Å². The van der Waals surface area contributed by atoms with Crippen molar-refractivity contribution in [3.63, 3.8) is 0 Å². The zero-order chi connectivity index (χ0) is 10.6. The Morgan fingerprint density at radius 1 is 1.23 bits per heavy atom. The van der Waals surface area contributed by atoms with Crippen LogP contribution in [0.1, 0.15) is 41.0 Å². The van der Waals surface area contributed by atoms with Crippen LogP contribution in [0.2, 0.25) is 0 Å². The van der Waals surface area contributed by atoms with Gasteiger partial charge in [-0.05, 0) is 32.1 Å². The molecule has 0 aromatic carbocycles. The van der Waals surface area contributed by atoms with Gasteiger partial charge in [0.1, 0.15) is 0 Å². The fourth-order valence-corrected chi connectivity index (χ4v) is 1.42. The van der Waals surface area contributed by atoms with Crippen molar-refractivity contribution < 1.29 is 0 Å². The number of rotatable bonds is 4. The molecule has 0 fully saturated rings. The first-order valence-electron chi connectivity index (χ1n) is 4.85. The summed E-state index contributed by atoms with van der Waals surface area (Å²) in [5, 5.41) is 0. The summed E-state index contributed by atoms with van der Waals surface area (Å²) in [6.45, 7) is 10.8. The zero-order valence-corrected chi connectivity index (χ0v) is 9.46. The van der Waals surface area contributed by atoms with E-state index in [0.717, 1.165) is 6.42 Å². The molecule has 0 bridgehead atoms. The highest BCUT2D eigenvalue weighted by atomic mass is 15.0. The predicted molar refractivity (Wildman–Crippen MR) is 58.5 cm³/mol. The monoisotopic (exact) mass is 185 g/mol. The quantitative estimate of drug-likeness (QED) is 0.517. The summed E-state index contributed by atoms with van der Waals surface area (Å²) in [6.07, 6.45) is 1.02. The van der Waals surface area contributed by atoms with E-state index in [9.17, 15) is 0 Å². The summed E-state index contributed by atoms with van der Waals surface area (Å²) in [5.41, 5.74) is 10.6. The van der Waals surface area contributed by atoms with Crippen LogP contribution in [0, 0.1) is 11.8 Å². The SMILES string of the molecule is CC(C)C(C)CC(C)(C)N=C(N)N. The maximum absolute atomic E-state index is 5.36. The Bertz CT molecular complexity index is 179. The molecule has 0 aliphatic carbocycles. The van der Waals surface area contributed by atoms with Gasteiger partial charge in [-0.15, -0.1) is 0 Å². The van der Waals surface area contributed by atoms with E-state index in [4.69, 9.17) is 11.5 Å². The number of nitrogens with zero attached hydrogens (tertiary/aromatic N) is 1. The molecule has 3 heteroatoms. The lowest BCUT2D eigenvalue weighted by molar-refractivity contribution is 0.313. The van der Waals surface area contributed by atoms with Crippen molar-refractivity contribution in [1.29, 1.82) is 0 Å². The summed E-state index contributed by atoms with van der Waals surface area (Å²) >= 11 is 0. The van der Waals surface area contributed by atoms with Crippen molar-refractivity contribution in [1.82, 2.24) is 0 Å². The molecule has 0 rings (SSSR count). The van der Waals surface area contributed by atoms with Crippen molar-refractivity contribution in [2.75, 3.05) is 0 Å². The Balaban J connectivity index is 4.25. The van der Waals surface area contributed by atoms with Crippen LogP contribution >= 0.6 is 0 Å². The van der Waals surface area contributed by atoms with Crippen molar-refractivity contribution in [3.8, 4) is 0 Å². The Kier molecular flexibility index (Phi) is 4.24. The van der Waals surface area contributed by atoms with E-state index in [1.807, 2.05) is 0 Å². The van der Waals surface area contributed by atoms with Crippen LogP contribution in [0.3, 0.4) is 0 Å². The number of aliphatic imine (C=N–C) groups is 1. The molecular formula is C10H23N3. The summed E-state index contributed by atoms with van der Waals surface area (Å²) in [7, 11) is 0. The second-order valence-electron chi connectivity index (χ2n) is 4.77. The molecule has 0 radical (unpaired) electrons. The number of guanidine groups is 1. The number of hydrogen-bond acceptors (Lipinski definition) is 1. The molecule has 0 saturated heterocycles. The zero-order valence-electron chi connectivity index (χ0n) is 9.46. The molecule has 4 N–H and O–H groups in total. The Morgan fingerprint density at radius 2 is 1.69 bits per heavy atom. The molecule has 0 amide bonds. The normalized spacial score (nSPS) is 14.3. The first-order chi connectivity index (χ1) is 5.74. The van der Waals surface area contributed by atoms with Gasteiger partial charge in [-0.25, -0.2) is 4.99 Å². The average molecular weight is 185 g/mol. The molecule has 1 atom stereocenters. The van der Waals surface area contributed by atoms with Crippen LogP contribution in [0.5, 0.6) is 0 Å². The van der Waals surface area contributed by atoms with Gasteiger partial charge >= 0.3 is 0 Å². The van der Waals surface area contributed by atoms with Gasteiger partial charge in [-0.1, -0.05) is 20.8 Å². The third-order valence-electron chi connectivity index (χ3n) is 2.39. The van der Waals surface area contributed by atoms with Crippen molar-refractivity contribution in [2.45, 2.75) is 46.6 Å². The third-order valence-corrected chi connectivity index (χ3v) is 2.39. The number of nitrogens with two attached hydrogens (primary N) is 2. The molecular weight excluding hydrogens is 162 g/mol. The van der Waals surface area contributed by atoms with Crippen LogP contribution in [0.4, 0.5) is 0 Å². The summed E-state index contributed by atoms with van der Waals surface area (Å²) < 4.78 is 0. The van der Waals surface area contributed by atoms with E-state index < -0.39 is 0 Å². The highest BCUT2D eigenvalue weighted by Gasteiger charge is 2.21. The average Bonchev–Trinajstić information content (AvgIpc) is 1.81. The van der Waals surface area contributed by atoms with Gasteiger partial charge in [0, 0.05) is 0 Å². The molecule has 0 aliphatic rings. The van der Waals surface area contributed by atoms with Crippen molar-refractivity contribution in [2.24, 2.45) is 28.3 Å². The molecule has 0 aromatic heterocycles. The molecule has 0 aromatic rings. The predicted octanol–water partition coefficient (Wildman–Crippen LogP) is 1.72. The van der Waals surface area contributed by atoms with Crippen LogP contribution in [0.25, 0.3) is 0 Å². The largest absolute Gasteiger partial charge is 0.370 e. The van der Waals surface area contributed by atoms with E-state index in [2.05, 4.69) is 39.6 Å². The second kappa shape index (κ2) is 4.49. The van der Waals surface area contributed by atoms with E-state index >= 15 is 0 Å². The molecule has 0 aliphatic heterocycles. The van der Waals surface area contributed by atoms with E-state index in [0.29, 0.717) is 11.8 Å². The summed E-state index contributed by atoms with van der Waals surface area (Å²) in [6, 6.07) is 0. The lowest BCUT2D eigenvalue weighted by Crippen LogP contribution is -2.31. The highest BCUT2D eigenvalue weighted by molar-refractivity contribution is 5.76. The first kappa shape index (κ1) is 12.3. The van der Waals surface area contributed by atoms with Crippen LogP contribution in [-0.4, -0.2) is 11.5 Å². The molecule has 0 saturated carbocycles. The fourth-order valence-electron chi connectivity index (χ4n) is 1.42. The standard InChI is InChI=1S/C10H23N3/c1-7(2)8(3)6-10(4,5)13-9(11)12/h7-8H,6H2,1-5H3,(H4,11,12,13). The Hall–Kier alpha value is -0.730. The van der Waals surface area contributed by atoms with Crippen LogP contribution < -0.4 is 11.5 Å². The molecule has 0 heterocycles. The smallest absolute Gasteiger partial charge is 0.186 e. The fraction of sp³-hybridized carbons (Fsp3) is 0.900. The topological polar surface area (TPSA) is 64.4 Å². The van der Waals surface area contributed by atoms with E-state index in [-0.39, 0.29) is 11.5 Å². The maximum Gasteiger partial charge on any atom is 0.186 e. The molecule has 3 nitrogen and oxygen atoms in total. The van der Waals surface area contributed by atoms with E-state index in [1.54, 1.807) is 0 Å². The molecule has 1 unspecified atom stereocenters. The van der Waals surface area contributed by atoms with Gasteiger partial charge < -0.3 is 11.5 Å². The molecule has 0 spiro atoms. The summed E-state index contributed by atoms with van der Waals surface area (Å²) in [4.78, 5) is 4.20. The van der Waals surface area contributed by atoms with Crippen LogP contribution in [-0.2, 0) is 0 Å².